The quantitative estimate of drug-likeness (QED) is 0.582. The Hall–Kier alpha value is -2.01. The number of benzene rings is 1. The van der Waals surface area contributed by atoms with Crippen molar-refractivity contribution < 1.29 is 14.3 Å². The Balaban J connectivity index is 2.05. The van der Waals surface area contributed by atoms with Crippen molar-refractivity contribution in [3.63, 3.8) is 0 Å². The molecule has 3 rings (SSSR count). The van der Waals surface area contributed by atoms with Crippen LogP contribution in [0.3, 0.4) is 0 Å². The van der Waals surface area contributed by atoms with Gasteiger partial charge in [-0.1, -0.05) is 29.8 Å². The zero-order chi connectivity index (χ0) is 12.7. The van der Waals surface area contributed by atoms with Gasteiger partial charge in [0.1, 0.15) is 5.01 Å². The maximum atomic E-state index is 11.5. The summed E-state index contributed by atoms with van der Waals surface area (Å²) in [5.74, 6) is -1.15. The molecule has 0 bridgehead atoms. The predicted molar refractivity (Wildman–Crippen MR) is 66.4 cm³/mol. The number of aryl methyl sites for hydroxylation is 1. The average molecular weight is 259 g/mol. The Morgan fingerprint density at radius 3 is 2.67 bits per heavy atom. The summed E-state index contributed by atoms with van der Waals surface area (Å²) in [6.07, 6.45) is 0.130. The van der Waals surface area contributed by atoms with E-state index in [1.165, 1.54) is 11.3 Å². The van der Waals surface area contributed by atoms with E-state index in [4.69, 9.17) is 0 Å². The summed E-state index contributed by atoms with van der Waals surface area (Å²) in [6, 6.07) is 7.87. The molecule has 0 saturated heterocycles. The summed E-state index contributed by atoms with van der Waals surface area (Å²) in [7, 11) is 0. The standard InChI is InChI=1S/C13H9NO3S/c1-7-2-4-8(5-3-7)12-14-11-9(18-12)6-10(15)17-13(11)16/h2-5H,6H2,1H3. The van der Waals surface area contributed by atoms with Gasteiger partial charge in [0.2, 0.25) is 0 Å². The molecule has 0 radical (unpaired) electrons. The minimum atomic E-state index is -0.643. The summed E-state index contributed by atoms with van der Waals surface area (Å²) in [5, 5.41) is 0.742. The number of cyclic esters (lactones) is 2. The van der Waals surface area contributed by atoms with E-state index >= 15 is 0 Å². The van der Waals surface area contributed by atoms with Gasteiger partial charge >= 0.3 is 11.9 Å². The van der Waals surface area contributed by atoms with Crippen LogP contribution in [0.4, 0.5) is 0 Å². The first-order valence-electron chi connectivity index (χ1n) is 5.45. The van der Waals surface area contributed by atoms with Crippen LogP contribution in [0.2, 0.25) is 0 Å². The topological polar surface area (TPSA) is 56.3 Å². The average Bonchev–Trinajstić information content (AvgIpc) is 2.74. The molecule has 1 aliphatic heterocycles. The van der Waals surface area contributed by atoms with Crippen LogP contribution in [0.1, 0.15) is 20.9 Å². The molecule has 0 saturated carbocycles. The van der Waals surface area contributed by atoms with E-state index in [1.54, 1.807) is 0 Å². The molecule has 0 atom stereocenters. The van der Waals surface area contributed by atoms with Gasteiger partial charge in [-0.3, -0.25) is 4.79 Å². The molecule has 2 heterocycles. The van der Waals surface area contributed by atoms with Crippen LogP contribution in [0.25, 0.3) is 10.6 Å². The molecule has 4 nitrogen and oxygen atoms in total. The van der Waals surface area contributed by atoms with Crippen molar-refractivity contribution in [2.24, 2.45) is 0 Å². The molecule has 0 fully saturated rings. The summed E-state index contributed by atoms with van der Waals surface area (Å²) in [5.41, 5.74) is 2.38. The molecular formula is C13H9NO3S. The first-order chi connectivity index (χ1) is 8.63. The number of hydrogen-bond donors (Lipinski definition) is 0. The molecule has 18 heavy (non-hydrogen) atoms. The molecule has 0 unspecified atom stereocenters. The molecule has 0 spiro atoms. The number of aromatic nitrogens is 1. The van der Waals surface area contributed by atoms with Gasteiger partial charge in [0.25, 0.3) is 0 Å². The van der Waals surface area contributed by atoms with E-state index in [0.29, 0.717) is 4.88 Å². The highest BCUT2D eigenvalue weighted by Crippen LogP contribution is 2.31. The number of nitrogens with zero attached hydrogens (tertiary/aromatic N) is 1. The summed E-state index contributed by atoms with van der Waals surface area (Å²) in [6.45, 7) is 2.01. The third-order valence-corrected chi connectivity index (χ3v) is 3.81. The summed E-state index contributed by atoms with van der Waals surface area (Å²) < 4.78 is 4.55. The molecule has 1 aromatic carbocycles. The lowest BCUT2D eigenvalue weighted by Gasteiger charge is -2.06. The molecule has 90 valence electrons. The first kappa shape index (κ1) is 11.1. The van der Waals surface area contributed by atoms with Crippen molar-refractivity contribution >= 4 is 23.3 Å². The Kier molecular flexibility index (Phi) is 2.48. The minimum Gasteiger partial charge on any atom is -0.388 e. The molecule has 2 aromatic rings. The normalized spacial score (nSPS) is 14.3. The van der Waals surface area contributed by atoms with Crippen LogP contribution in [0.5, 0.6) is 0 Å². The highest BCUT2D eigenvalue weighted by atomic mass is 32.1. The number of carbonyl (C=O) groups excluding carboxylic acids is 2. The van der Waals surface area contributed by atoms with Crippen LogP contribution >= 0.6 is 11.3 Å². The van der Waals surface area contributed by atoms with Gasteiger partial charge in [-0.15, -0.1) is 11.3 Å². The molecule has 1 aliphatic rings. The largest absolute Gasteiger partial charge is 0.388 e. The van der Waals surface area contributed by atoms with Gasteiger partial charge in [-0.25, -0.2) is 9.78 Å². The minimum absolute atomic E-state index is 0.130. The highest BCUT2D eigenvalue weighted by Gasteiger charge is 2.29. The molecule has 1 aromatic heterocycles. The second kappa shape index (κ2) is 4.03. The molecule has 0 aliphatic carbocycles. The Labute approximate surface area is 107 Å². The van der Waals surface area contributed by atoms with Crippen LogP contribution in [-0.4, -0.2) is 16.9 Å². The summed E-state index contributed by atoms with van der Waals surface area (Å²) in [4.78, 5) is 27.6. The maximum absolute atomic E-state index is 11.5. The first-order valence-corrected chi connectivity index (χ1v) is 6.27. The van der Waals surface area contributed by atoms with Crippen molar-refractivity contribution in [3.05, 3.63) is 40.4 Å². The Morgan fingerprint density at radius 1 is 1.22 bits per heavy atom. The zero-order valence-electron chi connectivity index (χ0n) is 9.60. The number of esters is 2. The van der Waals surface area contributed by atoms with Crippen molar-refractivity contribution in [1.29, 1.82) is 0 Å². The lowest BCUT2D eigenvalue weighted by molar-refractivity contribution is -0.137. The second-order valence-electron chi connectivity index (χ2n) is 4.10. The fourth-order valence-corrected chi connectivity index (χ4v) is 2.81. The SMILES string of the molecule is Cc1ccc(-c2nc3c(s2)CC(=O)OC3=O)cc1. The van der Waals surface area contributed by atoms with Crippen molar-refractivity contribution in [3.8, 4) is 10.6 Å². The number of fused-ring (bicyclic) bond motifs is 1. The second-order valence-corrected chi connectivity index (χ2v) is 5.18. The van der Waals surface area contributed by atoms with Crippen LogP contribution < -0.4 is 0 Å². The molecule has 5 heteroatoms. The molecule has 0 amide bonds. The fourth-order valence-electron chi connectivity index (χ4n) is 1.77. The van der Waals surface area contributed by atoms with E-state index in [1.807, 2.05) is 31.2 Å². The number of carbonyl (C=O) groups is 2. The Morgan fingerprint density at radius 2 is 1.94 bits per heavy atom. The third kappa shape index (κ3) is 1.82. The van der Waals surface area contributed by atoms with E-state index in [9.17, 15) is 9.59 Å². The number of ether oxygens (including phenoxy) is 1. The lowest BCUT2D eigenvalue weighted by Crippen LogP contribution is -2.21. The maximum Gasteiger partial charge on any atom is 0.365 e. The van der Waals surface area contributed by atoms with Gasteiger partial charge in [-0.2, -0.15) is 0 Å². The van der Waals surface area contributed by atoms with Crippen molar-refractivity contribution in [2.45, 2.75) is 13.3 Å². The zero-order valence-corrected chi connectivity index (χ0v) is 10.4. The van der Waals surface area contributed by atoms with Gasteiger partial charge in [0.15, 0.2) is 5.69 Å². The van der Waals surface area contributed by atoms with Crippen molar-refractivity contribution in [1.82, 2.24) is 4.98 Å². The van der Waals surface area contributed by atoms with Gasteiger partial charge < -0.3 is 4.74 Å². The predicted octanol–water partition coefficient (Wildman–Crippen LogP) is 2.36. The third-order valence-electron chi connectivity index (χ3n) is 2.70. The van der Waals surface area contributed by atoms with Crippen LogP contribution in [0.15, 0.2) is 24.3 Å². The Bertz CT molecular complexity index is 643. The monoisotopic (exact) mass is 259 g/mol. The van der Waals surface area contributed by atoms with Crippen LogP contribution in [-0.2, 0) is 16.0 Å². The van der Waals surface area contributed by atoms with E-state index in [2.05, 4.69) is 9.72 Å². The van der Waals surface area contributed by atoms with E-state index in [-0.39, 0.29) is 12.1 Å². The number of thiazole rings is 1. The van der Waals surface area contributed by atoms with Crippen LogP contribution in [0, 0.1) is 6.92 Å². The fraction of sp³-hybridized carbons (Fsp3) is 0.154. The molecule has 0 N–H and O–H groups in total. The highest BCUT2D eigenvalue weighted by molar-refractivity contribution is 7.15. The number of rotatable bonds is 1. The van der Waals surface area contributed by atoms with Gasteiger partial charge in [-0.05, 0) is 6.92 Å². The molecular weight excluding hydrogens is 250 g/mol. The smallest absolute Gasteiger partial charge is 0.365 e. The summed E-state index contributed by atoms with van der Waals surface area (Å²) >= 11 is 1.37. The lowest BCUT2D eigenvalue weighted by atomic mass is 10.2. The van der Waals surface area contributed by atoms with Gasteiger partial charge in [0.05, 0.1) is 11.3 Å². The van der Waals surface area contributed by atoms with E-state index < -0.39 is 11.9 Å². The number of hydrogen-bond acceptors (Lipinski definition) is 5. The van der Waals surface area contributed by atoms with Gasteiger partial charge in [0, 0.05) is 5.56 Å². The van der Waals surface area contributed by atoms with E-state index in [0.717, 1.165) is 16.1 Å². The van der Waals surface area contributed by atoms with Crippen molar-refractivity contribution in [2.75, 3.05) is 0 Å².